The lowest BCUT2D eigenvalue weighted by molar-refractivity contribution is -0.136. The molecule has 3 aromatic rings. The van der Waals surface area contributed by atoms with Crippen LogP contribution in [0.15, 0.2) is 71.8 Å². The monoisotopic (exact) mass is 498 g/mol. The standard InChI is InChI=1S/C24H20Cl2N4O4/c1-15-5-9-17(10-6-15)28-23(32)24(33)30-27-13-16-7-11-18(12-8-16)34-14-21(31)29-20-4-2-3-19(25)22(20)26/h2-13H,14H2,1H3,(H,28,32)(H,29,31)(H,30,33)/b27-13-. The molecule has 0 bridgehead atoms. The topological polar surface area (TPSA) is 109 Å². The Bertz CT molecular complexity index is 1210. The first-order valence-electron chi connectivity index (χ1n) is 9.99. The van der Waals surface area contributed by atoms with E-state index >= 15 is 0 Å². The van der Waals surface area contributed by atoms with Gasteiger partial charge in [-0.15, -0.1) is 0 Å². The van der Waals surface area contributed by atoms with Gasteiger partial charge in [-0.2, -0.15) is 5.10 Å². The Morgan fingerprint density at radius 3 is 2.32 bits per heavy atom. The molecule has 10 heteroatoms. The van der Waals surface area contributed by atoms with E-state index in [1.807, 2.05) is 19.1 Å². The molecule has 0 aliphatic carbocycles. The molecule has 3 amide bonds. The maximum atomic E-state index is 12.1. The predicted molar refractivity (Wildman–Crippen MR) is 133 cm³/mol. The van der Waals surface area contributed by atoms with Gasteiger partial charge in [-0.25, -0.2) is 5.43 Å². The molecule has 174 valence electrons. The summed E-state index contributed by atoms with van der Waals surface area (Å²) in [5, 5.41) is 9.46. The first-order chi connectivity index (χ1) is 16.3. The number of aryl methyl sites for hydroxylation is 1. The van der Waals surface area contributed by atoms with Crippen molar-refractivity contribution in [3.63, 3.8) is 0 Å². The fourth-order valence-corrected chi connectivity index (χ4v) is 2.97. The molecule has 3 rings (SSSR count). The quantitative estimate of drug-likeness (QED) is 0.254. The number of anilines is 2. The first kappa shape index (κ1) is 24.8. The van der Waals surface area contributed by atoms with E-state index in [0.717, 1.165) is 5.56 Å². The second-order valence-corrected chi connectivity index (χ2v) is 7.81. The van der Waals surface area contributed by atoms with Crippen LogP contribution in [0.5, 0.6) is 5.75 Å². The summed E-state index contributed by atoms with van der Waals surface area (Å²) < 4.78 is 5.45. The van der Waals surface area contributed by atoms with E-state index in [1.165, 1.54) is 6.21 Å². The number of carbonyl (C=O) groups is 3. The number of hydrazone groups is 1. The summed E-state index contributed by atoms with van der Waals surface area (Å²) in [6.45, 7) is 1.68. The van der Waals surface area contributed by atoms with Gasteiger partial charge in [0.2, 0.25) is 0 Å². The molecule has 8 nitrogen and oxygen atoms in total. The van der Waals surface area contributed by atoms with Crippen LogP contribution in [0.25, 0.3) is 0 Å². The molecular formula is C24H20Cl2N4O4. The fraction of sp³-hybridized carbons (Fsp3) is 0.0833. The molecule has 0 aliphatic heterocycles. The highest BCUT2D eigenvalue weighted by atomic mass is 35.5. The van der Waals surface area contributed by atoms with E-state index in [0.29, 0.717) is 27.7 Å². The zero-order chi connectivity index (χ0) is 24.5. The molecule has 0 fully saturated rings. The SMILES string of the molecule is Cc1ccc(NC(=O)C(=O)N/N=C\c2ccc(OCC(=O)Nc3cccc(Cl)c3Cl)cc2)cc1. The highest BCUT2D eigenvalue weighted by Crippen LogP contribution is 2.29. The number of hydrogen-bond donors (Lipinski definition) is 3. The number of benzene rings is 3. The van der Waals surface area contributed by atoms with Gasteiger partial charge in [0, 0.05) is 5.69 Å². The van der Waals surface area contributed by atoms with Crippen molar-refractivity contribution in [1.82, 2.24) is 5.43 Å². The number of nitrogens with zero attached hydrogens (tertiary/aromatic N) is 1. The zero-order valence-electron chi connectivity index (χ0n) is 18.0. The normalized spacial score (nSPS) is 10.6. The Morgan fingerprint density at radius 1 is 0.912 bits per heavy atom. The molecule has 0 unspecified atom stereocenters. The summed E-state index contributed by atoms with van der Waals surface area (Å²) in [6, 6.07) is 18.6. The summed E-state index contributed by atoms with van der Waals surface area (Å²) in [4.78, 5) is 35.8. The number of nitrogens with one attached hydrogen (secondary N) is 3. The molecule has 0 aliphatic rings. The smallest absolute Gasteiger partial charge is 0.329 e. The minimum atomic E-state index is -0.900. The van der Waals surface area contributed by atoms with Gasteiger partial charge < -0.3 is 15.4 Å². The number of hydrogen-bond acceptors (Lipinski definition) is 5. The number of rotatable bonds is 7. The second kappa shape index (κ2) is 11.8. The number of halogens is 2. The molecule has 0 aromatic heterocycles. The van der Waals surface area contributed by atoms with Crippen LogP contribution < -0.4 is 20.8 Å². The molecule has 0 spiro atoms. The van der Waals surface area contributed by atoms with Crippen molar-refractivity contribution in [2.75, 3.05) is 17.2 Å². The fourth-order valence-electron chi connectivity index (χ4n) is 2.63. The third-order valence-corrected chi connectivity index (χ3v) is 5.19. The maximum Gasteiger partial charge on any atom is 0.329 e. The van der Waals surface area contributed by atoms with Crippen LogP contribution in [0.4, 0.5) is 11.4 Å². The van der Waals surface area contributed by atoms with E-state index in [-0.39, 0.29) is 11.6 Å². The summed E-state index contributed by atoms with van der Waals surface area (Å²) in [5.74, 6) is -1.68. The minimum Gasteiger partial charge on any atom is -0.484 e. The maximum absolute atomic E-state index is 12.1. The van der Waals surface area contributed by atoms with Crippen LogP contribution in [0.2, 0.25) is 10.0 Å². The van der Waals surface area contributed by atoms with Crippen LogP contribution in [0.3, 0.4) is 0 Å². The van der Waals surface area contributed by atoms with E-state index in [9.17, 15) is 14.4 Å². The van der Waals surface area contributed by atoms with Crippen molar-refractivity contribution in [1.29, 1.82) is 0 Å². The van der Waals surface area contributed by atoms with Crippen molar-refractivity contribution in [2.45, 2.75) is 6.92 Å². The van der Waals surface area contributed by atoms with Gasteiger partial charge in [-0.3, -0.25) is 14.4 Å². The number of ether oxygens (including phenoxy) is 1. The number of amides is 3. The average Bonchev–Trinajstić information content (AvgIpc) is 2.83. The predicted octanol–water partition coefficient (Wildman–Crippen LogP) is 4.41. The second-order valence-electron chi connectivity index (χ2n) is 7.03. The molecule has 3 aromatic carbocycles. The Kier molecular flexibility index (Phi) is 8.61. The van der Waals surface area contributed by atoms with Crippen LogP contribution in [0.1, 0.15) is 11.1 Å². The van der Waals surface area contributed by atoms with Crippen molar-refractivity contribution < 1.29 is 19.1 Å². The van der Waals surface area contributed by atoms with Gasteiger partial charge in [0.05, 0.1) is 21.9 Å². The van der Waals surface area contributed by atoms with Gasteiger partial charge in [-0.1, -0.05) is 47.0 Å². The summed E-state index contributed by atoms with van der Waals surface area (Å²) in [6.07, 6.45) is 1.37. The Morgan fingerprint density at radius 2 is 1.62 bits per heavy atom. The molecular weight excluding hydrogens is 479 g/mol. The van der Waals surface area contributed by atoms with E-state index < -0.39 is 17.7 Å². The van der Waals surface area contributed by atoms with E-state index in [2.05, 4.69) is 21.2 Å². The van der Waals surface area contributed by atoms with Crippen LogP contribution >= 0.6 is 23.2 Å². The first-order valence-corrected chi connectivity index (χ1v) is 10.7. The summed E-state index contributed by atoms with van der Waals surface area (Å²) in [5.41, 5.74) is 4.74. The zero-order valence-corrected chi connectivity index (χ0v) is 19.5. The van der Waals surface area contributed by atoms with Crippen molar-refractivity contribution in [3.05, 3.63) is 87.9 Å². The molecule has 0 saturated carbocycles. The average molecular weight is 499 g/mol. The third-order valence-electron chi connectivity index (χ3n) is 4.37. The lowest BCUT2D eigenvalue weighted by Gasteiger charge is -2.09. The van der Waals surface area contributed by atoms with Gasteiger partial charge >= 0.3 is 11.8 Å². The van der Waals surface area contributed by atoms with Crippen molar-refractivity contribution in [2.24, 2.45) is 5.10 Å². The minimum absolute atomic E-state index is 0.234. The van der Waals surface area contributed by atoms with E-state index in [4.69, 9.17) is 27.9 Å². The van der Waals surface area contributed by atoms with Crippen LogP contribution in [-0.2, 0) is 14.4 Å². The van der Waals surface area contributed by atoms with Crippen LogP contribution in [-0.4, -0.2) is 30.5 Å². The van der Waals surface area contributed by atoms with Crippen LogP contribution in [0, 0.1) is 6.92 Å². The summed E-state index contributed by atoms with van der Waals surface area (Å²) in [7, 11) is 0. The third kappa shape index (κ3) is 7.33. The highest BCUT2D eigenvalue weighted by Gasteiger charge is 2.12. The number of carbonyl (C=O) groups excluding carboxylic acids is 3. The van der Waals surface area contributed by atoms with Crippen molar-refractivity contribution >= 4 is 58.5 Å². The molecule has 0 heterocycles. The molecule has 3 N–H and O–H groups in total. The molecule has 0 saturated heterocycles. The molecule has 0 atom stereocenters. The molecule has 34 heavy (non-hydrogen) atoms. The Balaban J connectivity index is 1.44. The lowest BCUT2D eigenvalue weighted by Crippen LogP contribution is -2.32. The van der Waals surface area contributed by atoms with Gasteiger partial charge in [0.15, 0.2) is 6.61 Å². The Labute approximate surface area is 205 Å². The van der Waals surface area contributed by atoms with Gasteiger partial charge in [0.25, 0.3) is 5.91 Å². The lowest BCUT2D eigenvalue weighted by atomic mass is 10.2. The highest BCUT2D eigenvalue weighted by molar-refractivity contribution is 6.44. The van der Waals surface area contributed by atoms with Gasteiger partial charge in [-0.05, 0) is 61.0 Å². The van der Waals surface area contributed by atoms with Crippen molar-refractivity contribution in [3.8, 4) is 5.75 Å². The largest absolute Gasteiger partial charge is 0.484 e. The molecule has 0 radical (unpaired) electrons. The van der Waals surface area contributed by atoms with Gasteiger partial charge in [0.1, 0.15) is 5.75 Å². The van der Waals surface area contributed by atoms with E-state index in [1.54, 1.807) is 54.6 Å². The summed E-state index contributed by atoms with van der Waals surface area (Å²) >= 11 is 12.0. The Hall–Kier alpha value is -3.88.